The number of hydrogen-bond donors (Lipinski definition) is 2. The first-order valence-corrected chi connectivity index (χ1v) is 15.0. The van der Waals surface area contributed by atoms with E-state index in [-0.39, 0.29) is 27.0 Å². The minimum absolute atomic E-state index is 0.0949. The Morgan fingerprint density at radius 1 is 1.09 bits per heavy atom. The summed E-state index contributed by atoms with van der Waals surface area (Å²) in [6.45, 7) is 6.72. The summed E-state index contributed by atoms with van der Waals surface area (Å²) in [5.74, 6) is 1.75. The first kappa shape index (κ1) is 24.4. The zero-order chi connectivity index (χ0) is 24.3. The highest BCUT2D eigenvalue weighted by Crippen LogP contribution is 2.65. The summed E-state index contributed by atoms with van der Waals surface area (Å²) in [5.41, 5.74) is 8.43. The van der Waals surface area contributed by atoms with Crippen LogP contribution in [0, 0.1) is 40.9 Å². The third kappa shape index (κ3) is 4.05. The van der Waals surface area contributed by atoms with Crippen LogP contribution in [0.25, 0.3) is 0 Å². The Labute approximate surface area is 208 Å². The van der Waals surface area contributed by atoms with Crippen LogP contribution >= 0.6 is 11.8 Å². The largest absolute Gasteiger partial charge is 0.379 e. The predicted octanol–water partition coefficient (Wildman–Crippen LogP) is 6.03. The number of nitrogens with one attached hydrogen (secondary N) is 1. The van der Waals surface area contributed by atoms with E-state index in [1.54, 1.807) is 17.7 Å². The molecule has 0 aromatic heterocycles. The molecule has 0 saturated heterocycles. The van der Waals surface area contributed by atoms with Gasteiger partial charge in [-0.25, -0.2) is 0 Å². The fourth-order valence-corrected chi connectivity index (χ4v) is 9.99. The molecule has 0 amide bonds. The van der Waals surface area contributed by atoms with Crippen molar-refractivity contribution in [2.75, 3.05) is 0 Å². The second kappa shape index (κ2) is 8.67. The number of rotatable bonds is 4. The fraction of sp³-hybridized carbons (Fsp3) is 0.667. The van der Waals surface area contributed by atoms with E-state index in [0.29, 0.717) is 23.0 Å². The van der Waals surface area contributed by atoms with E-state index in [1.165, 1.54) is 11.8 Å². The Morgan fingerprint density at radius 2 is 1.82 bits per heavy atom. The summed E-state index contributed by atoms with van der Waals surface area (Å²) >= 11 is 1.53. The quantitative estimate of drug-likeness (QED) is 0.227. The average Bonchev–Trinajstić information content (AvgIpc) is 3.09. The summed E-state index contributed by atoms with van der Waals surface area (Å²) in [7, 11) is -3.77. The molecule has 4 aliphatic carbocycles. The average molecular weight is 503 g/mol. The van der Waals surface area contributed by atoms with Crippen molar-refractivity contribution in [2.45, 2.75) is 88.4 Å². The molecule has 5 nitrogen and oxygen atoms in total. The first-order chi connectivity index (χ1) is 16.0. The highest BCUT2D eigenvalue weighted by molar-refractivity contribution is 8.14. The third-order valence-electron chi connectivity index (χ3n) is 9.82. The van der Waals surface area contributed by atoms with Crippen molar-refractivity contribution in [3.8, 4) is 0 Å². The van der Waals surface area contributed by atoms with Crippen LogP contribution < -0.4 is 5.73 Å². The Balaban J connectivity index is 1.35. The molecule has 0 heterocycles. The first-order valence-electron chi connectivity index (χ1n) is 12.7. The van der Waals surface area contributed by atoms with Crippen molar-refractivity contribution in [3.63, 3.8) is 0 Å². The number of amidine groups is 1. The third-order valence-corrected chi connectivity index (χ3v) is 12.1. The van der Waals surface area contributed by atoms with E-state index >= 15 is 0 Å². The van der Waals surface area contributed by atoms with Crippen LogP contribution in [0.3, 0.4) is 0 Å². The van der Waals surface area contributed by atoms with Crippen molar-refractivity contribution in [1.82, 2.24) is 0 Å². The topological polar surface area (TPSA) is 93.2 Å². The van der Waals surface area contributed by atoms with E-state index < -0.39 is 10.1 Å². The number of fused-ring (bicyclic) bond motifs is 5. The number of hydrogen-bond acceptors (Lipinski definition) is 5. The lowest BCUT2D eigenvalue weighted by atomic mass is 9.48. The second-order valence-electron chi connectivity index (χ2n) is 11.6. The lowest BCUT2D eigenvalue weighted by Gasteiger charge is -2.58. The molecule has 1 aromatic carbocycles. The molecule has 34 heavy (non-hydrogen) atoms. The molecular formula is C27H38N2O3S2. The molecule has 3 fully saturated rings. The number of allylic oxidation sites excluding steroid dienone is 2. The van der Waals surface area contributed by atoms with Gasteiger partial charge in [-0.2, -0.15) is 8.42 Å². The van der Waals surface area contributed by atoms with Crippen LogP contribution in [0.5, 0.6) is 0 Å². The maximum absolute atomic E-state index is 13.1. The van der Waals surface area contributed by atoms with Gasteiger partial charge in [-0.1, -0.05) is 55.0 Å². The van der Waals surface area contributed by atoms with Crippen molar-refractivity contribution in [1.29, 1.82) is 5.41 Å². The second-order valence-corrected chi connectivity index (χ2v) is 14.5. The van der Waals surface area contributed by atoms with Crippen LogP contribution in [0.1, 0.15) is 70.8 Å². The van der Waals surface area contributed by atoms with Crippen LogP contribution in [0.2, 0.25) is 0 Å². The molecule has 4 aliphatic rings. The smallest absolute Gasteiger partial charge is 0.297 e. The standard InChI is InChI=1S/C27H38N2O3S2/c1-17-4-7-20(8-5-17)34(30,31)32-24-11-10-22-21-9-6-18-16-19(33-25(28)29)12-14-26(18,2)23(21)13-15-27(22,24)3/h4-8,19,21-24H,9-16H2,1-3H3,(H3,28,29). The minimum atomic E-state index is -3.77. The van der Waals surface area contributed by atoms with Gasteiger partial charge < -0.3 is 5.73 Å². The van der Waals surface area contributed by atoms with Crippen LogP contribution in [0.4, 0.5) is 0 Å². The molecule has 186 valence electrons. The van der Waals surface area contributed by atoms with E-state index in [2.05, 4.69) is 19.9 Å². The van der Waals surface area contributed by atoms with Gasteiger partial charge in [-0.3, -0.25) is 9.59 Å². The molecule has 3 saturated carbocycles. The van der Waals surface area contributed by atoms with Gasteiger partial charge in [0, 0.05) is 5.25 Å². The summed E-state index contributed by atoms with van der Waals surface area (Å²) in [6, 6.07) is 6.98. The van der Waals surface area contributed by atoms with Gasteiger partial charge in [0.1, 0.15) is 0 Å². The van der Waals surface area contributed by atoms with Gasteiger partial charge >= 0.3 is 0 Å². The van der Waals surface area contributed by atoms with Gasteiger partial charge in [0.25, 0.3) is 10.1 Å². The summed E-state index contributed by atoms with van der Waals surface area (Å²) in [5, 5.41) is 8.33. The molecule has 0 radical (unpaired) electrons. The van der Waals surface area contributed by atoms with Crippen molar-refractivity contribution in [2.24, 2.45) is 34.3 Å². The molecule has 0 spiro atoms. The normalized spacial score (nSPS) is 39.5. The van der Waals surface area contributed by atoms with Gasteiger partial charge in [-0.15, -0.1) is 0 Å². The van der Waals surface area contributed by atoms with E-state index in [9.17, 15) is 8.42 Å². The monoisotopic (exact) mass is 502 g/mol. The molecule has 1 aromatic rings. The number of thioether (sulfide) groups is 1. The van der Waals surface area contributed by atoms with Crippen molar-refractivity contribution < 1.29 is 12.6 Å². The zero-order valence-electron chi connectivity index (χ0n) is 20.5. The lowest BCUT2D eigenvalue weighted by Crippen LogP contribution is -2.51. The molecule has 0 aliphatic heterocycles. The van der Waals surface area contributed by atoms with Crippen LogP contribution in [0.15, 0.2) is 40.8 Å². The minimum Gasteiger partial charge on any atom is -0.379 e. The molecular weight excluding hydrogens is 464 g/mol. The Kier molecular flexibility index (Phi) is 6.22. The van der Waals surface area contributed by atoms with Gasteiger partial charge in [-0.05, 0) is 99.0 Å². The summed E-state index contributed by atoms with van der Waals surface area (Å²) in [4.78, 5) is 0.261. The SMILES string of the molecule is Cc1ccc(S(=O)(=O)OC2CCC3C4CC=C5CC(SC(=N)N)CCC5(C)C4CCC23C)cc1. The molecule has 0 bridgehead atoms. The highest BCUT2D eigenvalue weighted by atomic mass is 32.2. The zero-order valence-corrected chi connectivity index (χ0v) is 22.2. The van der Waals surface area contributed by atoms with Crippen LogP contribution in [-0.4, -0.2) is 24.9 Å². The molecule has 5 rings (SSSR count). The molecule has 7 unspecified atom stereocenters. The summed E-state index contributed by atoms with van der Waals surface area (Å²) in [6.07, 6.45) is 10.7. The van der Waals surface area contributed by atoms with E-state index in [0.717, 1.165) is 56.9 Å². The van der Waals surface area contributed by atoms with Gasteiger partial charge in [0.05, 0.1) is 11.0 Å². The highest BCUT2D eigenvalue weighted by Gasteiger charge is 2.59. The molecule has 3 N–H and O–H groups in total. The molecule has 7 atom stereocenters. The fourth-order valence-electron chi connectivity index (χ4n) is 7.93. The predicted molar refractivity (Wildman–Crippen MR) is 138 cm³/mol. The maximum Gasteiger partial charge on any atom is 0.297 e. The lowest BCUT2D eigenvalue weighted by molar-refractivity contribution is -0.0576. The van der Waals surface area contributed by atoms with Crippen molar-refractivity contribution in [3.05, 3.63) is 41.5 Å². The summed E-state index contributed by atoms with van der Waals surface area (Å²) < 4.78 is 32.2. The number of nitrogens with two attached hydrogens (primary N) is 1. The van der Waals surface area contributed by atoms with Crippen molar-refractivity contribution >= 4 is 27.0 Å². The maximum atomic E-state index is 13.1. The Hall–Kier alpha value is -1.31. The Bertz CT molecular complexity index is 1100. The molecule has 7 heteroatoms. The van der Waals surface area contributed by atoms with E-state index in [1.807, 2.05) is 19.1 Å². The van der Waals surface area contributed by atoms with Gasteiger partial charge in [0.15, 0.2) is 5.17 Å². The van der Waals surface area contributed by atoms with Crippen LogP contribution in [-0.2, 0) is 14.3 Å². The van der Waals surface area contributed by atoms with E-state index in [4.69, 9.17) is 15.3 Å². The van der Waals surface area contributed by atoms with Gasteiger partial charge in [0.2, 0.25) is 0 Å². The number of benzene rings is 1. The Morgan fingerprint density at radius 3 is 2.53 bits per heavy atom. The number of aryl methyl sites for hydroxylation is 1.